The molecule has 2 nitrogen and oxygen atoms in total. The van der Waals surface area contributed by atoms with Crippen LogP contribution in [-0.2, 0) is 0 Å². The summed E-state index contributed by atoms with van der Waals surface area (Å²) in [7, 11) is 0. The maximum atomic E-state index is 3.37. The van der Waals surface area contributed by atoms with Crippen molar-refractivity contribution in [3.05, 3.63) is 0 Å². The van der Waals surface area contributed by atoms with E-state index in [0.29, 0.717) is 0 Å². The molecule has 0 saturated heterocycles. The van der Waals surface area contributed by atoms with Gasteiger partial charge in [0, 0.05) is 36.3 Å². The molecule has 0 aromatic heterocycles. The van der Waals surface area contributed by atoms with Gasteiger partial charge in [-0.25, -0.2) is 0 Å². The monoisotopic (exact) mass is 633 g/mol. The van der Waals surface area contributed by atoms with Crippen LogP contribution in [0.2, 0.25) is 0 Å². The van der Waals surface area contributed by atoms with Crippen LogP contribution in [0.4, 0.5) is 0 Å². The molecule has 0 radical (unpaired) electrons. The number of hydrogen-bond donors (Lipinski definition) is 0. The summed E-state index contributed by atoms with van der Waals surface area (Å²) in [6.45, 7) is 10.6. The lowest BCUT2D eigenvalue weighted by atomic mass is 9.43. The Morgan fingerprint density at radius 2 is 0.652 bits per heavy atom. The third-order valence-electron chi connectivity index (χ3n) is 17.3. The first-order chi connectivity index (χ1) is 22.5. The SMILES string of the molecule is CC1CCC(N(C2CCCCC2)C2CC(C)C3CCC4C5C(CCC2C35)C(C)CC4N(C2CCCCC2)C2CCC(C)CC2)CC1. The van der Waals surface area contributed by atoms with Gasteiger partial charge in [-0.1, -0.05) is 66.2 Å². The number of hydrogen-bond acceptors (Lipinski definition) is 2. The maximum absolute atomic E-state index is 3.37. The summed E-state index contributed by atoms with van der Waals surface area (Å²) in [4.78, 5) is 6.74. The second kappa shape index (κ2) is 14.3. The van der Waals surface area contributed by atoms with E-state index < -0.39 is 0 Å². The molecule has 8 fully saturated rings. The Labute approximate surface area is 286 Å². The van der Waals surface area contributed by atoms with Gasteiger partial charge < -0.3 is 0 Å². The highest BCUT2D eigenvalue weighted by Crippen LogP contribution is 2.64. The highest BCUT2D eigenvalue weighted by molar-refractivity contribution is 5.11. The van der Waals surface area contributed by atoms with Crippen molar-refractivity contribution in [2.45, 2.75) is 218 Å². The molecule has 0 aromatic carbocycles. The van der Waals surface area contributed by atoms with Crippen molar-refractivity contribution >= 4 is 0 Å². The molecule has 8 aliphatic carbocycles. The molecule has 0 bridgehead atoms. The van der Waals surface area contributed by atoms with Crippen LogP contribution in [0.25, 0.3) is 0 Å². The Morgan fingerprint density at radius 1 is 0.326 bits per heavy atom. The van der Waals surface area contributed by atoms with E-state index in [1.54, 1.807) is 38.5 Å². The quantitative estimate of drug-likeness (QED) is 0.287. The average molecular weight is 633 g/mol. The summed E-state index contributed by atoms with van der Waals surface area (Å²) in [5.74, 6) is 10.0. The summed E-state index contributed by atoms with van der Waals surface area (Å²) in [6, 6.07) is 5.43. The third kappa shape index (κ3) is 6.23. The van der Waals surface area contributed by atoms with E-state index in [1.165, 1.54) is 116 Å². The zero-order valence-corrected chi connectivity index (χ0v) is 31.1. The topological polar surface area (TPSA) is 6.48 Å². The Balaban J connectivity index is 1.11. The molecule has 0 aliphatic heterocycles. The summed E-state index contributed by atoms with van der Waals surface area (Å²) in [5, 5.41) is 0. The Morgan fingerprint density at radius 3 is 1.02 bits per heavy atom. The van der Waals surface area contributed by atoms with Gasteiger partial charge in [0.1, 0.15) is 0 Å². The van der Waals surface area contributed by atoms with Crippen LogP contribution >= 0.6 is 0 Å². The zero-order chi connectivity index (χ0) is 31.4. The molecular weight excluding hydrogens is 556 g/mol. The minimum atomic E-state index is 0.902. The van der Waals surface area contributed by atoms with Crippen LogP contribution in [0, 0.1) is 59.2 Å². The van der Waals surface area contributed by atoms with E-state index in [-0.39, 0.29) is 0 Å². The number of nitrogens with zero attached hydrogens (tertiary/aromatic N) is 2. The minimum absolute atomic E-state index is 0.902. The van der Waals surface area contributed by atoms with Crippen molar-refractivity contribution < 1.29 is 0 Å². The number of rotatable bonds is 6. The van der Waals surface area contributed by atoms with Crippen LogP contribution in [-0.4, -0.2) is 46.1 Å². The van der Waals surface area contributed by atoms with Crippen molar-refractivity contribution in [1.29, 1.82) is 0 Å². The molecular formula is C44H76N2. The molecule has 46 heavy (non-hydrogen) atoms. The summed E-state index contributed by atoms with van der Waals surface area (Å²) >= 11 is 0. The van der Waals surface area contributed by atoms with Gasteiger partial charge in [-0.2, -0.15) is 0 Å². The lowest BCUT2D eigenvalue weighted by molar-refractivity contribution is -0.173. The Bertz CT molecular complexity index is 886. The Hall–Kier alpha value is -0.0800. The van der Waals surface area contributed by atoms with E-state index in [1.807, 2.05) is 0 Å². The normalized spacial score (nSPS) is 49.2. The van der Waals surface area contributed by atoms with E-state index in [2.05, 4.69) is 37.5 Å². The molecule has 0 spiro atoms. The third-order valence-corrected chi connectivity index (χ3v) is 17.3. The lowest BCUT2D eigenvalue weighted by Crippen LogP contribution is -2.66. The fraction of sp³-hybridized carbons (Fsp3) is 1.00. The molecule has 10 unspecified atom stereocenters. The van der Waals surface area contributed by atoms with Gasteiger partial charge in [-0.15, -0.1) is 0 Å². The fourth-order valence-corrected chi connectivity index (χ4v) is 15.2. The van der Waals surface area contributed by atoms with Crippen molar-refractivity contribution in [3.8, 4) is 0 Å². The van der Waals surface area contributed by atoms with Gasteiger partial charge in [0.25, 0.3) is 0 Å². The van der Waals surface area contributed by atoms with Crippen molar-refractivity contribution in [2.75, 3.05) is 0 Å². The second-order valence-corrected chi connectivity index (χ2v) is 19.8. The molecule has 8 saturated carbocycles. The summed E-state index contributed by atoms with van der Waals surface area (Å²) in [6.07, 6.45) is 36.5. The molecule has 8 aliphatic rings. The molecule has 10 atom stereocenters. The molecule has 0 amide bonds. The van der Waals surface area contributed by atoms with Gasteiger partial charge in [0.2, 0.25) is 0 Å². The van der Waals surface area contributed by atoms with Crippen molar-refractivity contribution in [1.82, 2.24) is 9.80 Å². The zero-order valence-electron chi connectivity index (χ0n) is 31.1. The average Bonchev–Trinajstić information content (AvgIpc) is 3.09. The van der Waals surface area contributed by atoms with E-state index in [4.69, 9.17) is 0 Å². The van der Waals surface area contributed by atoms with E-state index in [0.717, 1.165) is 95.4 Å². The maximum Gasteiger partial charge on any atom is 0.0135 e. The van der Waals surface area contributed by atoms with E-state index >= 15 is 0 Å². The highest BCUT2D eigenvalue weighted by Gasteiger charge is 2.60. The van der Waals surface area contributed by atoms with Crippen LogP contribution in [0.1, 0.15) is 182 Å². The summed E-state index contributed by atoms with van der Waals surface area (Å²) < 4.78 is 0. The molecule has 0 aromatic rings. The van der Waals surface area contributed by atoms with Crippen LogP contribution in [0.3, 0.4) is 0 Å². The predicted molar refractivity (Wildman–Crippen MR) is 195 cm³/mol. The Kier molecular flexibility index (Phi) is 10.3. The lowest BCUT2D eigenvalue weighted by Gasteiger charge is -2.66. The van der Waals surface area contributed by atoms with Crippen LogP contribution in [0.5, 0.6) is 0 Å². The van der Waals surface area contributed by atoms with Crippen LogP contribution < -0.4 is 0 Å². The molecule has 0 heterocycles. The van der Waals surface area contributed by atoms with Gasteiger partial charge in [0.05, 0.1) is 0 Å². The van der Waals surface area contributed by atoms with Gasteiger partial charge in [0.15, 0.2) is 0 Å². The largest absolute Gasteiger partial charge is 0.294 e. The standard InChI is InChI=1S/C44H76N2/c1-29-15-19-35(20-16-29)45(33-11-7-5-8-12-33)41-27-31(3)37-24-26-40-42(28-32(4)38-23-25-39(41)43(37)44(38)40)46(34-13-9-6-10-14-34)36-21-17-30(2)18-22-36/h29-44H,5-28H2,1-4H3. The smallest absolute Gasteiger partial charge is 0.0135 e. The van der Waals surface area contributed by atoms with E-state index in [9.17, 15) is 0 Å². The first-order valence-corrected chi connectivity index (χ1v) is 22.0. The van der Waals surface area contributed by atoms with Crippen LogP contribution in [0.15, 0.2) is 0 Å². The summed E-state index contributed by atoms with van der Waals surface area (Å²) in [5.41, 5.74) is 0. The predicted octanol–water partition coefficient (Wildman–Crippen LogP) is 11.5. The van der Waals surface area contributed by atoms with Gasteiger partial charge in [-0.05, 0) is 175 Å². The molecule has 2 heteroatoms. The van der Waals surface area contributed by atoms with Gasteiger partial charge in [-0.3, -0.25) is 9.80 Å². The minimum Gasteiger partial charge on any atom is -0.294 e. The fourth-order valence-electron chi connectivity index (χ4n) is 15.2. The molecule has 8 rings (SSSR count). The second-order valence-electron chi connectivity index (χ2n) is 19.8. The first kappa shape index (κ1) is 33.1. The molecule has 0 N–H and O–H groups in total. The van der Waals surface area contributed by atoms with Gasteiger partial charge >= 0.3 is 0 Å². The van der Waals surface area contributed by atoms with Crippen molar-refractivity contribution in [2.24, 2.45) is 59.2 Å². The first-order valence-electron chi connectivity index (χ1n) is 22.0. The van der Waals surface area contributed by atoms with Crippen molar-refractivity contribution in [3.63, 3.8) is 0 Å². The highest BCUT2D eigenvalue weighted by atomic mass is 15.2. The molecule has 262 valence electrons.